The molecule has 0 spiro atoms. The first-order chi connectivity index (χ1) is 13.8. The molecule has 2 aromatic carbocycles. The number of methoxy groups -OCH3 is 1. The Morgan fingerprint density at radius 1 is 1.14 bits per heavy atom. The number of nitrogens with zero attached hydrogens (tertiary/aromatic N) is 1. The second kappa shape index (κ2) is 10.6. The Morgan fingerprint density at radius 3 is 2.55 bits per heavy atom. The number of hydrazone groups is 1. The van der Waals surface area contributed by atoms with E-state index in [-0.39, 0.29) is 6.42 Å². The maximum Gasteiger partial charge on any atom is 0.249 e. The quantitative estimate of drug-likeness (QED) is 0.353. The number of hydrogen-bond donors (Lipinski definition) is 2. The highest BCUT2D eigenvalue weighted by Crippen LogP contribution is 2.36. The van der Waals surface area contributed by atoms with Crippen LogP contribution in [0.2, 0.25) is 0 Å². The van der Waals surface area contributed by atoms with E-state index in [1.807, 2.05) is 32.9 Å². The molecule has 0 atom stereocenters. The van der Waals surface area contributed by atoms with Gasteiger partial charge in [-0.15, -0.1) is 0 Å². The number of aryl methyl sites for hydroxylation is 2. The van der Waals surface area contributed by atoms with E-state index >= 15 is 0 Å². The standard InChI is InChI=1S/C21H24BrN3O4/c1-5-29-18-10-15(9-17(22)21(18)28-4)12-23-25-20(27)11-19(26)24-16-7-6-13(2)14(3)8-16/h6-10,12H,5,11H2,1-4H3,(H,24,26)(H,25,27). The maximum absolute atomic E-state index is 12.0. The predicted molar refractivity (Wildman–Crippen MR) is 117 cm³/mol. The van der Waals surface area contributed by atoms with E-state index in [4.69, 9.17) is 9.47 Å². The van der Waals surface area contributed by atoms with Crippen LogP contribution in [0.25, 0.3) is 0 Å². The Labute approximate surface area is 178 Å². The number of carbonyl (C=O) groups is 2. The summed E-state index contributed by atoms with van der Waals surface area (Å²) in [5.41, 5.74) is 5.90. The molecule has 7 nitrogen and oxygen atoms in total. The number of amides is 2. The molecule has 0 saturated carbocycles. The molecule has 0 aliphatic carbocycles. The van der Waals surface area contributed by atoms with Gasteiger partial charge in [0, 0.05) is 5.69 Å². The van der Waals surface area contributed by atoms with E-state index in [0.29, 0.717) is 33.8 Å². The van der Waals surface area contributed by atoms with Gasteiger partial charge in [-0.2, -0.15) is 5.10 Å². The fraction of sp³-hybridized carbons (Fsp3) is 0.286. The zero-order valence-corrected chi connectivity index (χ0v) is 18.4. The van der Waals surface area contributed by atoms with Crippen LogP contribution in [0.3, 0.4) is 0 Å². The number of carbonyl (C=O) groups excluding carboxylic acids is 2. The summed E-state index contributed by atoms with van der Waals surface area (Å²) >= 11 is 3.42. The van der Waals surface area contributed by atoms with Crippen molar-refractivity contribution in [1.29, 1.82) is 0 Å². The van der Waals surface area contributed by atoms with Gasteiger partial charge in [0.2, 0.25) is 11.8 Å². The first kappa shape index (κ1) is 22.4. The number of ether oxygens (including phenoxy) is 2. The zero-order chi connectivity index (χ0) is 21.4. The second-order valence-electron chi connectivity index (χ2n) is 6.28. The van der Waals surface area contributed by atoms with Crippen LogP contribution in [0.15, 0.2) is 39.9 Å². The smallest absolute Gasteiger partial charge is 0.249 e. The summed E-state index contributed by atoms with van der Waals surface area (Å²) in [5, 5.41) is 6.61. The minimum absolute atomic E-state index is 0.333. The number of halogens is 1. The molecule has 0 aromatic heterocycles. The van der Waals surface area contributed by atoms with Crippen molar-refractivity contribution in [2.24, 2.45) is 5.10 Å². The number of hydrogen-bond acceptors (Lipinski definition) is 5. The molecule has 29 heavy (non-hydrogen) atoms. The molecule has 2 rings (SSSR count). The van der Waals surface area contributed by atoms with Crippen molar-refractivity contribution >= 4 is 39.6 Å². The molecular formula is C21H24BrN3O4. The normalized spacial score (nSPS) is 10.7. The lowest BCUT2D eigenvalue weighted by Gasteiger charge is -2.11. The Hall–Kier alpha value is -2.87. The fourth-order valence-corrected chi connectivity index (χ4v) is 3.13. The minimum Gasteiger partial charge on any atom is -0.492 e. The molecule has 2 N–H and O–H groups in total. The number of rotatable bonds is 8. The zero-order valence-electron chi connectivity index (χ0n) is 16.8. The summed E-state index contributed by atoms with van der Waals surface area (Å²) in [4.78, 5) is 24.0. The molecule has 154 valence electrons. The van der Waals surface area contributed by atoms with Gasteiger partial charge in [-0.3, -0.25) is 9.59 Å². The molecule has 0 saturated heterocycles. The van der Waals surface area contributed by atoms with Crippen molar-refractivity contribution in [3.8, 4) is 11.5 Å². The van der Waals surface area contributed by atoms with Gasteiger partial charge in [0.05, 0.1) is 24.4 Å². The largest absolute Gasteiger partial charge is 0.492 e. The summed E-state index contributed by atoms with van der Waals surface area (Å²) < 4.78 is 11.5. The van der Waals surface area contributed by atoms with Crippen molar-refractivity contribution in [1.82, 2.24) is 5.43 Å². The van der Waals surface area contributed by atoms with Gasteiger partial charge >= 0.3 is 0 Å². The molecule has 2 amide bonds. The van der Waals surface area contributed by atoms with E-state index in [2.05, 4.69) is 31.8 Å². The van der Waals surface area contributed by atoms with E-state index in [1.54, 1.807) is 25.3 Å². The Bertz CT molecular complexity index is 928. The van der Waals surface area contributed by atoms with Crippen LogP contribution in [0.5, 0.6) is 11.5 Å². The molecule has 0 bridgehead atoms. The van der Waals surface area contributed by atoms with Crippen LogP contribution >= 0.6 is 15.9 Å². The second-order valence-corrected chi connectivity index (χ2v) is 7.14. The highest BCUT2D eigenvalue weighted by Gasteiger charge is 2.11. The molecule has 2 aromatic rings. The third-order valence-corrected chi connectivity index (χ3v) is 4.64. The minimum atomic E-state index is -0.514. The van der Waals surface area contributed by atoms with Crippen LogP contribution in [-0.4, -0.2) is 31.7 Å². The van der Waals surface area contributed by atoms with Crippen LogP contribution in [0.4, 0.5) is 5.69 Å². The monoisotopic (exact) mass is 461 g/mol. The SMILES string of the molecule is CCOc1cc(C=NNC(=O)CC(=O)Nc2ccc(C)c(C)c2)cc(Br)c1OC. The lowest BCUT2D eigenvalue weighted by atomic mass is 10.1. The first-order valence-corrected chi connectivity index (χ1v) is 9.82. The van der Waals surface area contributed by atoms with Gasteiger partial charge in [-0.1, -0.05) is 6.07 Å². The summed E-state index contributed by atoms with van der Waals surface area (Å²) in [7, 11) is 1.56. The van der Waals surface area contributed by atoms with E-state index in [9.17, 15) is 9.59 Å². The van der Waals surface area contributed by atoms with Gasteiger partial charge in [-0.25, -0.2) is 5.43 Å². The molecular weight excluding hydrogens is 438 g/mol. The van der Waals surface area contributed by atoms with Crippen molar-refractivity contribution in [3.63, 3.8) is 0 Å². The Kier molecular flexibility index (Phi) is 8.21. The van der Waals surface area contributed by atoms with Gasteiger partial charge in [-0.05, 0) is 77.7 Å². The van der Waals surface area contributed by atoms with Gasteiger partial charge < -0.3 is 14.8 Å². The summed E-state index contributed by atoms with van der Waals surface area (Å²) in [6.45, 7) is 6.30. The summed E-state index contributed by atoms with van der Waals surface area (Å²) in [6, 6.07) is 9.10. The van der Waals surface area contributed by atoms with Crippen LogP contribution < -0.4 is 20.2 Å². The van der Waals surface area contributed by atoms with Crippen LogP contribution in [0, 0.1) is 13.8 Å². The molecule has 8 heteroatoms. The van der Waals surface area contributed by atoms with Gasteiger partial charge in [0.25, 0.3) is 0 Å². The Morgan fingerprint density at radius 2 is 1.90 bits per heavy atom. The molecule has 0 heterocycles. The highest BCUT2D eigenvalue weighted by atomic mass is 79.9. The third kappa shape index (κ3) is 6.60. The topological polar surface area (TPSA) is 89.0 Å². The lowest BCUT2D eigenvalue weighted by Crippen LogP contribution is -2.24. The summed E-state index contributed by atoms with van der Waals surface area (Å²) in [6.07, 6.45) is 1.13. The van der Waals surface area contributed by atoms with Crippen LogP contribution in [0.1, 0.15) is 30.0 Å². The van der Waals surface area contributed by atoms with E-state index < -0.39 is 11.8 Å². The molecule has 0 aliphatic heterocycles. The van der Waals surface area contributed by atoms with Crippen molar-refractivity contribution in [2.75, 3.05) is 19.0 Å². The van der Waals surface area contributed by atoms with E-state index in [0.717, 1.165) is 11.1 Å². The fourth-order valence-electron chi connectivity index (χ4n) is 2.51. The predicted octanol–water partition coefficient (Wildman–Crippen LogP) is 3.95. The maximum atomic E-state index is 12.0. The Balaban J connectivity index is 1.93. The average Bonchev–Trinajstić information content (AvgIpc) is 2.65. The first-order valence-electron chi connectivity index (χ1n) is 9.03. The molecule has 0 radical (unpaired) electrons. The van der Waals surface area contributed by atoms with Gasteiger partial charge in [0.1, 0.15) is 6.42 Å². The number of anilines is 1. The van der Waals surface area contributed by atoms with E-state index in [1.165, 1.54) is 6.21 Å². The lowest BCUT2D eigenvalue weighted by molar-refractivity contribution is -0.126. The molecule has 0 fully saturated rings. The average molecular weight is 462 g/mol. The molecule has 0 aliphatic rings. The van der Waals surface area contributed by atoms with Crippen LogP contribution in [-0.2, 0) is 9.59 Å². The third-order valence-electron chi connectivity index (χ3n) is 4.05. The molecule has 0 unspecified atom stereocenters. The van der Waals surface area contributed by atoms with Crippen molar-refractivity contribution < 1.29 is 19.1 Å². The van der Waals surface area contributed by atoms with Crippen molar-refractivity contribution in [3.05, 3.63) is 51.5 Å². The number of nitrogens with one attached hydrogen (secondary N) is 2. The van der Waals surface area contributed by atoms with Crippen molar-refractivity contribution in [2.45, 2.75) is 27.2 Å². The number of benzene rings is 2. The highest BCUT2D eigenvalue weighted by molar-refractivity contribution is 9.10. The van der Waals surface area contributed by atoms with Gasteiger partial charge in [0.15, 0.2) is 11.5 Å². The summed E-state index contributed by atoms with van der Waals surface area (Å²) in [5.74, 6) is 0.216.